The van der Waals surface area contributed by atoms with Crippen molar-refractivity contribution in [2.24, 2.45) is 0 Å². The molecule has 1 amide bonds. The summed E-state index contributed by atoms with van der Waals surface area (Å²) in [6.07, 6.45) is -1.16. The van der Waals surface area contributed by atoms with Gasteiger partial charge in [-0.1, -0.05) is 23.5 Å². The van der Waals surface area contributed by atoms with Crippen molar-refractivity contribution in [3.8, 4) is 23.3 Å². The molecular formula is C30H24FN3O6S2. The molecule has 5 aromatic rings. The van der Waals surface area contributed by atoms with Crippen LogP contribution in [0.3, 0.4) is 0 Å². The summed E-state index contributed by atoms with van der Waals surface area (Å²) >= 11 is 1.26. The Bertz CT molecular complexity index is 1750. The lowest BCUT2D eigenvalue weighted by Crippen LogP contribution is -2.25. The van der Waals surface area contributed by atoms with E-state index >= 15 is 0 Å². The predicted octanol–water partition coefficient (Wildman–Crippen LogP) is 5.43. The van der Waals surface area contributed by atoms with Crippen molar-refractivity contribution in [3.63, 3.8) is 0 Å². The molecule has 0 saturated carbocycles. The van der Waals surface area contributed by atoms with Crippen LogP contribution in [0.2, 0.25) is 0 Å². The highest BCUT2D eigenvalue weighted by atomic mass is 32.2. The molecule has 1 heterocycles. The first-order valence-electron chi connectivity index (χ1n) is 12.2. The molecule has 1 aromatic heterocycles. The van der Waals surface area contributed by atoms with Gasteiger partial charge in [-0.25, -0.2) is 13.6 Å². The summed E-state index contributed by atoms with van der Waals surface area (Å²) in [5.41, 5.74) is 1.49. The van der Waals surface area contributed by atoms with Gasteiger partial charge in [-0.2, -0.15) is 5.26 Å². The fourth-order valence-electron chi connectivity index (χ4n) is 3.98. The van der Waals surface area contributed by atoms with Gasteiger partial charge >= 0.3 is 0 Å². The van der Waals surface area contributed by atoms with Gasteiger partial charge in [0.05, 0.1) is 46.9 Å². The number of nitrogens with zero attached hydrogens (tertiary/aromatic N) is 2. The molecule has 0 bridgehead atoms. The molecule has 0 saturated heterocycles. The van der Waals surface area contributed by atoms with Crippen LogP contribution in [0.15, 0.2) is 94.7 Å². The Morgan fingerprint density at radius 1 is 0.976 bits per heavy atom. The highest BCUT2D eigenvalue weighted by Crippen LogP contribution is 2.36. The highest BCUT2D eigenvalue weighted by Gasteiger charge is 2.25. The zero-order valence-corrected chi connectivity index (χ0v) is 23.9. The van der Waals surface area contributed by atoms with E-state index in [1.807, 2.05) is 6.07 Å². The fraction of sp³-hybridized carbons (Fsp3) is 0.100. The maximum absolute atomic E-state index is 13.7. The molecule has 4 aromatic carbocycles. The maximum Gasteiger partial charge on any atom is 0.271 e. The molecule has 214 valence electrons. The number of carbonyl (C=O) groups excluding carboxylic acids is 1. The largest absolute Gasteiger partial charge is 0.493 e. The smallest absolute Gasteiger partial charge is 0.271 e. The number of benzene rings is 4. The van der Waals surface area contributed by atoms with Gasteiger partial charge in [0.1, 0.15) is 11.6 Å². The van der Waals surface area contributed by atoms with E-state index in [1.165, 1.54) is 49.8 Å². The van der Waals surface area contributed by atoms with Crippen LogP contribution in [-0.2, 0) is 15.6 Å². The van der Waals surface area contributed by atoms with Crippen molar-refractivity contribution in [3.05, 3.63) is 102 Å². The van der Waals surface area contributed by atoms with Gasteiger partial charge in [-0.15, -0.1) is 0 Å². The lowest BCUT2D eigenvalue weighted by atomic mass is 10.1. The van der Waals surface area contributed by atoms with Crippen LogP contribution in [-0.4, -0.2) is 34.8 Å². The third kappa shape index (κ3) is 6.55. The summed E-state index contributed by atoms with van der Waals surface area (Å²) in [7, 11) is 1.44. The van der Waals surface area contributed by atoms with Crippen LogP contribution in [0.1, 0.15) is 17.2 Å². The summed E-state index contributed by atoms with van der Waals surface area (Å²) in [6, 6.07) is 23.9. The Labute approximate surface area is 246 Å². The third-order valence-corrected chi connectivity index (χ3v) is 8.32. The van der Waals surface area contributed by atoms with Crippen molar-refractivity contribution < 1.29 is 33.1 Å². The average molecular weight is 606 g/mol. The van der Waals surface area contributed by atoms with Crippen LogP contribution in [0.25, 0.3) is 10.2 Å². The predicted molar refractivity (Wildman–Crippen MR) is 157 cm³/mol. The van der Waals surface area contributed by atoms with E-state index in [-0.39, 0.29) is 5.48 Å². The Balaban J connectivity index is 0.00000405. The van der Waals surface area contributed by atoms with Gasteiger partial charge in [0, 0.05) is 27.5 Å². The Hall–Kier alpha value is -4.83. The highest BCUT2D eigenvalue weighted by molar-refractivity contribution is 7.85. The van der Waals surface area contributed by atoms with E-state index in [2.05, 4.69) is 10.3 Å². The molecule has 3 N–H and O–H groups in total. The number of nitriles is 1. The Morgan fingerprint density at radius 2 is 1.67 bits per heavy atom. The molecule has 5 rings (SSSR count). The van der Waals surface area contributed by atoms with Gasteiger partial charge in [0.25, 0.3) is 5.91 Å². The van der Waals surface area contributed by atoms with Gasteiger partial charge in [0.15, 0.2) is 16.6 Å². The van der Waals surface area contributed by atoms with Crippen LogP contribution in [0.5, 0.6) is 17.2 Å². The van der Waals surface area contributed by atoms with E-state index < -0.39 is 28.6 Å². The topological polar surface area (TPSA) is 142 Å². The number of ether oxygens (including phenoxy) is 3. The number of nitrogens with one attached hydrogen (secondary N) is 1. The lowest BCUT2D eigenvalue weighted by molar-refractivity contribution is -0.123. The third-order valence-electron chi connectivity index (χ3n) is 6.00. The number of amides is 1. The number of carbonyl (C=O) groups is 1. The molecule has 0 fully saturated rings. The summed E-state index contributed by atoms with van der Waals surface area (Å²) < 4.78 is 44.2. The molecule has 0 aliphatic heterocycles. The Kier molecular flexibility index (Phi) is 9.49. The summed E-state index contributed by atoms with van der Waals surface area (Å²) in [5, 5.41) is 12.3. The lowest BCUT2D eigenvalue weighted by Gasteiger charge is -2.19. The van der Waals surface area contributed by atoms with E-state index in [0.717, 1.165) is 4.70 Å². The number of methoxy groups -OCH3 is 2. The number of halogens is 1. The second kappa shape index (κ2) is 13.2. The SMILES string of the molecule is COc1cc2nc(NC(=O)C(Oc3ccc(C#N)cc3)c3cccc(S(=O)c4ccc(F)cc4)c3)sc2cc1OC.O. The summed E-state index contributed by atoms with van der Waals surface area (Å²) in [5.74, 6) is 0.453. The molecule has 9 nitrogen and oxygen atoms in total. The second-order valence-electron chi connectivity index (χ2n) is 8.61. The quantitative estimate of drug-likeness (QED) is 0.236. The number of anilines is 1. The van der Waals surface area contributed by atoms with Crippen LogP contribution < -0.4 is 19.5 Å². The number of rotatable bonds is 9. The minimum absolute atomic E-state index is 0. The molecule has 42 heavy (non-hydrogen) atoms. The number of hydrogen-bond donors (Lipinski definition) is 1. The van der Waals surface area contributed by atoms with Crippen molar-refractivity contribution in [2.75, 3.05) is 19.5 Å². The van der Waals surface area contributed by atoms with Crippen LogP contribution >= 0.6 is 11.3 Å². The maximum atomic E-state index is 13.7. The monoisotopic (exact) mass is 605 g/mol. The van der Waals surface area contributed by atoms with Crippen molar-refractivity contribution in [1.29, 1.82) is 5.26 Å². The first-order valence-corrected chi connectivity index (χ1v) is 14.1. The van der Waals surface area contributed by atoms with Gasteiger partial charge in [-0.3, -0.25) is 10.1 Å². The molecule has 0 aliphatic rings. The zero-order chi connectivity index (χ0) is 28.9. The molecule has 0 radical (unpaired) electrons. The first kappa shape index (κ1) is 30.1. The fourth-order valence-corrected chi connectivity index (χ4v) is 5.96. The molecule has 2 atom stereocenters. The van der Waals surface area contributed by atoms with Crippen molar-refractivity contribution >= 4 is 43.4 Å². The van der Waals surface area contributed by atoms with E-state index in [4.69, 9.17) is 19.5 Å². The molecule has 0 spiro atoms. The molecule has 12 heteroatoms. The standard InChI is InChI=1S/C30H22FN3O5S2.H2O/c1-37-25-15-24-27(16-26(25)38-2)40-30(33-24)34-29(35)28(39-21-10-6-18(17-32)7-11-21)19-4-3-5-23(14-19)41(36)22-12-8-20(31)9-13-22;/h3-16,28H,1-2H3,(H,33,34,35);1H2. The van der Waals surface area contributed by atoms with Gasteiger partial charge in [0.2, 0.25) is 6.10 Å². The van der Waals surface area contributed by atoms with Crippen LogP contribution in [0.4, 0.5) is 9.52 Å². The summed E-state index contributed by atoms with van der Waals surface area (Å²) in [4.78, 5) is 19.0. The molecule has 2 unspecified atom stereocenters. The minimum atomic E-state index is -1.62. The Morgan fingerprint density at radius 3 is 2.33 bits per heavy atom. The molecular weight excluding hydrogens is 581 g/mol. The number of aromatic nitrogens is 1. The first-order chi connectivity index (χ1) is 19.9. The second-order valence-corrected chi connectivity index (χ2v) is 11.1. The van der Waals surface area contributed by atoms with Crippen molar-refractivity contribution in [1.82, 2.24) is 4.98 Å². The summed E-state index contributed by atoms with van der Waals surface area (Å²) in [6.45, 7) is 0. The normalized spacial score (nSPS) is 12.0. The van der Waals surface area contributed by atoms with E-state index in [1.54, 1.807) is 60.7 Å². The van der Waals surface area contributed by atoms with Gasteiger partial charge < -0.3 is 19.7 Å². The van der Waals surface area contributed by atoms with Gasteiger partial charge in [-0.05, 0) is 60.7 Å². The molecule has 0 aliphatic carbocycles. The van der Waals surface area contributed by atoms with E-state index in [0.29, 0.717) is 48.8 Å². The number of hydrogen-bond acceptors (Lipinski definition) is 8. The minimum Gasteiger partial charge on any atom is -0.493 e. The average Bonchev–Trinajstić information content (AvgIpc) is 3.40. The number of thiazole rings is 1. The van der Waals surface area contributed by atoms with Crippen molar-refractivity contribution in [2.45, 2.75) is 15.9 Å². The van der Waals surface area contributed by atoms with E-state index in [9.17, 15) is 13.4 Å². The number of fused-ring (bicyclic) bond motifs is 1. The zero-order valence-electron chi connectivity index (χ0n) is 22.3. The van der Waals surface area contributed by atoms with Crippen LogP contribution in [0, 0.1) is 17.1 Å².